The summed E-state index contributed by atoms with van der Waals surface area (Å²) in [5, 5.41) is 10.4. The first kappa shape index (κ1) is 19.1. The maximum Gasteiger partial charge on any atom is 0.310 e. The summed E-state index contributed by atoms with van der Waals surface area (Å²) >= 11 is 5.92. The number of nitrogens with zero attached hydrogens (tertiary/aromatic N) is 1. The molecule has 0 aliphatic rings. The van der Waals surface area contributed by atoms with Crippen molar-refractivity contribution in [2.24, 2.45) is 0 Å². The highest BCUT2D eigenvalue weighted by molar-refractivity contribution is 6.31. The SMILES string of the molecule is CC(C)(C)OC(=O)Cc1cc2cc(O)ccc2nc1-c1ccc(F)c(Cl)c1. The van der Waals surface area contributed by atoms with Gasteiger partial charge in [0.1, 0.15) is 17.2 Å². The highest BCUT2D eigenvalue weighted by Gasteiger charge is 2.20. The largest absolute Gasteiger partial charge is 0.508 e. The summed E-state index contributed by atoms with van der Waals surface area (Å²) in [7, 11) is 0. The van der Waals surface area contributed by atoms with Gasteiger partial charge in [-0.05, 0) is 68.8 Å². The maximum atomic E-state index is 13.6. The molecule has 1 aromatic heterocycles. The van der Waals surface area contributed by atoms with Crippen molar-refractivity contribution in [2.75, 3.05) is 0 Å². The van der Waals surface area contributed by atoms with E-state index in [4.69, 9.17) is 16.3 Å². The molecule has 0 atom stereocenters. The summed E-state index contributed by atoms with van der Waals surface area (Å²) < 4.78 is 19.0. The fourth-order valence-electron chi connectivity index (χ4n) is 2.77. The van der Waals surface area contributed by atoms with E-state index in [1.807, 2.05) is 0 Å². The van der Waals surface area contributed by atoms with E-state index in [9.17, 15) is 14.3 Å². The Morgan fingerprint density at radius 2 is 1.93 bits per heavy atom. The summed E-state index contributed by atoms with van der Waals surface area (Å²) in [4.78, 5) is 17.0. The van der Waals surface area contributed by atoms with E-state index in [0.29, 0.717) is 27.7 Å². The third kappa shape index (κ3) is 4.55. The Balaban J connectivity index is 2.12. The first-order valence-corrected chi connectivity index (χ1v) is 8.80. The van der Waals surface area contributed by atoms with E-state index >= 15 is 0 Å². The number of phenols is 1. The number of esters is 1. The number of rotatable bonds is 3. The molecule has 1 N–H and O–H groups in total. The Morgan fingerprint density at radius 3 is 2.59 bits per heavy atom. The van der Waals surface area contributed by atoms with Crippen LogP contribution >= 0.6 is 11.6 Å². The number of benzene rings is 2. The molecule has 0 fully saturated rings. The number of fused-ring (bicyclic) bond motifs is 1. The molecule has 0 bridgehead atoms. The van der Waals surface area contributed by atoms with Gasteiger partial charge in [-0.1, -0.05) is 11.6 Å². The number of aromatic nitrogens is 1. The highest BCUT2D eigenvalue weighted by Crippen LogP contribution is 2.30. The number of ether oxygens (including phenoxy) is 1. The zero-order valence-corrected chi connectivity index (χ0v) is 16.0. The van der Waals surface area contributed by atoms with Crippen LogP contribution < -0.4 is 0 Å². The molecule has 0 aliphatic carbocycles. The lowest BCUT2D eigenvalue weighted by Gasteiger charge is -2.20. The molecule has 140 valence electrons. The van der Waals surface area contributed by atoms with Gasteiger partial charge >= 0.3 is 5.97 Å². The lowest BCUT2D eigenvalue weighted by atomic mass is 10.0. The van der Waals surface area contributed by atoms with Crippen molar-refractivity contribution in [3.8, 4) is 17.0 Å². The molecule has 0 unspecified atom stereocenters. The van der Waals surface area contributed by atoms with Crippen LogP contribution in [0.2, 0.25) is 5.02 Å². The lowest BCUT2D eigenvalue weighted by Crippen LogP contribution is -2.25. The van der Waals surface area contributed by atoms with Crippen LogP contribution in [0.5, 0.6) is 5.75 Å². The van der Waals surface area contributed by atoms with Crippen LogP contribution in [-0.4, -0.2) is 21.7 Å². The molecule has 0 amide bonds. The fraction of sp³-hybridized carbons (Fsp3) is 0.238. The fourth-order valence-corrected chi connectivity index (χ4v) is 2.95. The Kier molecular flexibility index (Phi) is 5.07. The van der Waals surface area contributed by atoms with E-state index in [1.54, 1.807) is 45.0 Å². The number of halogens is 2. The van der Waals surface area contributed by atoms with Crippen molar-refractivity contribution in [1.29, 1.82) is 0 Å². The zero-order chi connectivity index (χ0) is 19.8. The van der Waals surface area contributed by atoms with Gasteiger partial charge in [0.25, 0.3) is 0 Å². The first-order valence-electron chi connectivity index (χ1n) is 8.42. The monoisotopic (exact) mass is 387 g/mol. The van der Waals surface area contributed by atoms with E-state index in [0.717, 1.165) is 0 Å². The Morgan fingerprint density at radius 1 is 1.19 bits per heavy atom. The molecule has 27 heavy (non-hydrogen) atoms. The van der Waals surface area contributed by atoms with Gasteiger partial charge in [0, 0.05) is 10.9 Å². The minimum Gasteiger partial charge on any atom is -0.508 e. The van der Waals surface area contributed by atoms with Crippen molar-refractivity contribution < 1.29 is 19.0 Å². The van der Waals surface area contributed by atoms with Crippen molar-refractivity contribution in [3.63, 3.8) is 0 Å². The van der Waals surface area contributed by atoms with E-state index in [2.05, 4.69) is 4.98 Å². The number of carbonyl (C=O) groups is 1. The number of pyridine rings is 1. The van der Waals surface area contributed by atoms with Gasteiger partial charge < -0.3 is 9.84 Å². The molecule has 2 aromatic carbocycles. The molecule has 0 spiro atoms. The third-order valence-electron chi connectivity index (χ3n) is 3.83. The molecular formula is C21H19ClFNO3. The second kappa shape index (κ2) is 7.16. The van der Waals surface area contributed by atoms with Gasteiger partial charge in [-0.25, -0.2) is 9.37 Å². The van der Waals surface area contributed by atoms with Crippen molar-refractivity contribution in [1.82, 2.24) is 4.98 Å². The number of aromatic hydroxyl groups is 1. The molecule has 1 heterocycles. The van der Waals surface area contributed by atoms with Crippen LogP contribution in [-0.2, 0) is 16.0 Å². The molecule has 3 aromatic rings. The quantitative estimate of drug-likeness (QED) is 0.621. The molecule has 4 nitrogen and oxygen atoms in total. The molecular weight excluding hydrogens is 369 g/mol. The second-order valence-corrected chi connectivity index (χ2v) is 7.67. The zero-order valence-electron chi connectivity index (χ0n) is 15.2. The van der Waals surface area contributed by atoms with Crippen LogP contribution in [0.1, 0.15) is 26.3 Å². The molecule has 3 rings (SSSR count). The normalized spacial score (nSPS) is 11.6. The summed E-state index contributed by atoms with van der Waals surface area (Å²) in [5.74, 6) is -0.830. The lowest BCUT2D eigenvalue weighted by molar-refractivity contribution is -0.153. The van der Waals surface area contributed by atoms with E-state index in [1.165, 1.54) is 18.2 Å². The first-order chi connectivity index (χ1) is 12.6. The summed E-state index contributed by atoms with van der Waals surface area (Å²) in [6.07, 6.45) is -0.0137. The van der Waals surface area contributed by atoms with Crippen LogP contribution in [0.3, 0.4) is 0 Å². The molecule has 0 aliphatic heterocycles. The predicted octanol–water partition coefficient (Wildman–Crippen LogP) is 5.28. The van der Waals surface area contributed by atoms with Gasteiger partial charge in [-0.3, -0.25) is 4.79 Å². The highest BCUT2D eigenvalue weighted by atomic mass is 35.5. The number of carbonyl (C=O) groups excluding carboxylic acids is 1. The molecule has 0 radical (unpaired) electrons. The van der Waals surface area contributed by atoms with Gasteiger partial charge in [0.2, 0.25) is 0 Å². The molecule has 6 heteroatoms. The topological polar surface area (TPSA) is 59.4 Å². The second-order valence-electron chi connectivity index (χ2n) is 7.27. The van der Waals surface area contributed by atoms with Crippen molar-refractivity contribution in [2.45, 2.75) is 32.8 Å². The van der Waals surface area contributed by atoms with Gasteiger partial charge in [0.15, 0.2) is 0 Å². The smallest absolute Gasteiger partial charge is 0.310 e. The molecule has 0 saturated carbocycles. The predicted molar refractivity (Wildman–Crippen MR) is 103 cm³/mol. The number of hydrogen-bond donors (Lipinski definition) is 1. The van der Waals surface area contributed by atoms with Gasteiger partial charge in [-0.15, -0.1) is 0 Å². The average molecular weight is 388 g/mol. The van der Waals surface area contributed by atoms with E-state index in [-0.39, 0.29) is 17.2 Å². The summed E-state index contributed by atoms with van der Waals surface area (Å²) in [6.45, 7) is 5.38. The standard InChI is InChI=1S/C21H19ClFNO3/c1-21(2,3)27-19(26)11-14-8-13-9-15(25)5-7-18(13)24-20(14)12-4-6-17(23)16(22)10-12/h4-10,25H,11H2,1-3H3. The Hall–Kier alpha value is -2.66. The third-order valence-corrected chi connectivity index (χ3v) is 4.11. The Bertz CT molecular complexity index is 1030. The minimum absolute atomic E-state index is 0.0137. The van der Waals surface area contributed by atoms with Gasteiger partial charge in [0.05, 0.1) is 22.7 Å². The maximum absolute atomic E-state index is 13.6. The summed E-state index contributed by atoms with van der Waals surface area (Å²) in [5.41, 5.74) is 1.73. The van der Waals surface area contributed by atoms with Crippen LogP contribution in [0.15, 0.2) is 42.5 Å². The van der Waals surface area contributed by atoms with E-state index < -0.39 is 17.4 Å². The van der Waals surface area contributed by atoms with Gasteiger partial charge in [-0.2, -0.15) is 0 Å². The van der Waals surface area contributed by atoms with Crippen LogP contribution in [0.4, 0.5) is 4.39 Å². The van der Waals surface area contributed by atoms with Crippen molar-refractivity contribution >= 4 is 28.5 Å². The average Bonchev–Trinajstić information content (AvgIpc) is 2.55. The molecule has 0 saturated heterocycles. The van der Waals surface area contributed by atoms with Crippen molar-refractivity contribution in [3.05, 3.63) is 58.9 Å². The minimum atomic E-state index is -0.612. The Labute approximate surface area is 161 Å². The van der Waals surface area contributed by atoms with Crippen LogP contribution in [0.25, 0.3) is 22.2 Å². The number of phenolic OH excluding ortho intramolecular Hbond substituents is 1. The summed E-state index contributed by atoms with van der Waals surface area (Å²) in [6, 6.07) is 10.9. The number of hydrogen-bond acceptors (Lipinski definition) is 4. The van der Waals surface area contributed by atoms with Crippen LogP contribution in [0, 0.1) is 5.82 Å².